The molecule has 0 amide bonds. The molecule has 3 aliphatic rings. The molecule has 3 saturated heterocycles. The summed E-state index contributed by atoms with van der Waals surface area (Å²) in [6, 6.07) is 3.36. The minimum Gasteiger partial charge on any atom is -0.371 e. The van der Waals surface area contributed by atoms with E-state index in [2.05, 4.69) is 38.3 Å². The van der Waals surface area contributed by atoms with Gasteiger partial charge in [0.1, 0.15) is 5.52 Å². The van der Waals surface area contributed by atoms with Gasteiger partial charge >= 0.3 is 0 Å². The van der Waals surface area contributed by atoms with Crippen LogP contribution >= 0.6 is 11.6 Å². The molecular formula is C19H20ClFN6O. The van der Waals surface area contributed by atoms with Crippen molar-refractivity contribution in [2.45, 2.75) is 38.5 Å². The summed E-state index contributed by atoms with van der Waals surface area (Å²) in [4.78, 5) is 14.9. The molecule has 3 fully saturated rings. The number of nitrogens with zero attached hydrogens (tertiary/aromatic N) is 5. The lowest BCUT2D eigenvalue weighted by atomic mass is 9.99. The number of benzene rings is 1. The highest BCUT2D eigenvalue weighted by molar-refractivity contribution is 6.33. The third-order valence-electron chi connectivity index (χ3n) is 5.32. The zero-order chi connectivity index (χ0) is 19.6. The molecule has 2 N–H and O–H groups in total. The first-order chi connectivity index (χ1) is 13.4. The molecule has 0 saturated carbocycles. The SMILES string of the molecule is CC(C)n1c(N2CC3CC(C2)O3)nc2c(F)cc(-c3nc(N)ncc3Cl)cc21. The Morgan fingerprint density at radius 1 is 1.25 bits per heavy atom. The van der Waals surface area contributed by atoms with Crippen molar-refractivity contribution in [2.75, 3.05) is 23.7 Å². The molecule has 5 heterocycles. The number of nitrogen functional groups attached to an aromatic ring is 1. The Morgan fingerprint density at radius 3 is 2.64 bits per heavy atom. The molecule has 3 aliphatic heterocycles. The van der Waals surface area contributed by atoms with E-state index in [1.807, 2.05) is 6.07 Å². The van der Waals surface area contributed by atoms with E-state index in [-0.39, 0.29) is 24.2 Å². The normalized spacial score (nSPS) is 21.4. The number of rotatable bonds is 3. The maximum Gasteiger partial charge on any atom is 0.220 e. The van der Waals surface area contributed by atoms with Crippen LogP contribution in [0, 0.1) is 5.82 Å². The predicted octanol–water partition coefficient (Wildman–Crippen LogP) is 3.43. The van der Waals surface area contributed by atoms with Crippen LogP contribution < -0.4 is 10.6 Å². The number of fused-ring (bicyclic) bond motifs is 3. The van der Waals surface area contributed by atoms with Gasteiger partial charge in [-0.1, -0.05) is 11.6 Å². The van der Waals surface area contributed by atoms with Gasteiger partial charge in [0.25, 0.3) is 0 Å². The number of aromatic nitrogens is 4. The summed E-state index contributed by atoms with van der Waals surface area (Å²) in [6.07, 6.45) is 2.99. The summed E-state index contributed by atoms with van der Waals surface area (Å²) in [5.41, 5.74) is 7.69. The van der Waals surface area contributed by atoms with Gasteiger partial charge in [-0.05, 0) is 26.0 Å². The van der Waals surface area contributed by atoms with Crippen LogP contribution in [0.25, 0.3) is 22.3 Å². The number of hydrogen-bond acceptors (Lipinski definition) is 6. The van der Waals surface area contributed by atoms with Crippen molar-refractivity contribution in [2.24, 2.45) is 0 Å². The summed E-state index contributed by atoms with van der Waals surface area (Å²) < 4.78 is 22.8. The molecule has 28 heavy (non-hydrogen) atoms. The van der Waals surface area contributed by atoms with Crippen LogP contribution in [0.15, 0.2) is 18.3 Å². The summed E-state index contributed by atoms with van der Waals surface area (Å²) in [7, 11) is 0. The highest BCUT2D eigenvalue weighted by Crippen LogP contribution is 2.37. The Hall–Kier alpha value is -2.45. The highest BCUT2D eigenvalue weighted by Gasteiger charge is 2.40. The number of imidazole rings is 1. The fraction of sp³-hybridized carbons (Fsp3) is 0.421. The van der Waals surface area contributed by atoms with E-state index in [9.17, 15) is 0 Å². The fourth-order valence-corrected chi connectivity index (χ4v) is 4.31. The molecule has 146 valence electrons. The third kappa shape index (κ3) is 2.70. The lowest BCUT2D eigenvalue weighted by Gasteiger charge is -2.47. The van der Waals surface area contributed by atoms with Crippen molar-refractivity contribution in [1.29, 1.82) is 0 Å². The third-order valence-corrected chi connectivity index (χ3v) is 5.60. The second-order valence-electron chi connectivity index (χ2n) is 7.65. The molecule has 0 aliphatic carbocycles. The first-order valence-electron chi connectivity index (χ1n) is 9.31. The van der Waals surface area contributed by atoms with Crippen molar-refractivity contribution in [3.05, 3.63) is 29.2 Å². The maximum atomic E-state index is 15.0. The number of hydrogen-bond donors (Lipinski definition) is 1. The van der Waals surface area contributed by atoms with Gasteiger partial charge in [-0.3, -0.25) is 0 Å². The molecule has 6 rings (SSSR count). The van der Waals surface area contributed by atoms with Crippen LogP contribution in [0.1, 0.15) is 26.3 Å². The molecule has 0 radical (unpaired) electrons. The summed E-state index contributed by atoms with van der Waals surface area (Å²) in [5.74, 6) is 0.442. The zero-order valence-corrected chi connectivity index (χ0v) is 16.3. The van der Waals surface area contributed by atoms with Gasteiger partial charge in [0.15, 0.2) is 5.82 Å². The number of piperidine rings is 1. The Bertz CT molecular complexity index is 1070. The molecule has 2 bridgehead atoms. The van der Waals surface area contributed by atoms with Gasteiger partial charge in [-0.2, -0.15) is 0 Å². The first kappa shape index (κ1) is 17.6. The van der Waals surface area contributed by atoms with Gasteiger partial charge in [0, 0.05) is 31.1 Å². The van der Waals surface area contributed by atoms with Crippen molar-refractivity contribution in [3.8, 4) is 11.3 Å². The van der Waals surface area contributed by atoms with E-state index in [1.54, 1.807) is 0 Å². The Labute approximate surface area is 166 Å². The summed E-state index contributed by atoms with van der Waals surface area (Å²) in [6.45, 7) is 5.67. The number of morpholine rings is 1. The van der Waals surface area contributed by atoms with E-state index in [0.29, 0.717) is 27.3 Å². The summed E-state index contributed by atoms with van der Waals surface area (Å²) >= 11 is 6.24. The van der Waals surface area contributed by atoms with Gasteiger partial charge in [-0.15, -0.1) is 0 Å². The van der Waals surface area contributed by atoms with Crippen molar-refractivity contribution in [3.63, 3.8) is 0 Å². The predicted molar refractivity (Wildman–Crippen MR) is 106 cm³/mol. The Kier molecular flexibility index (Phi) is 3.96. The van der Waals surface area contributed by atoms with Crippen LogP contribution in [0.5, 0.6) is 0 Å². The van der Waals surface area contributed by atoms with Gasteiger partial charge in [0.2, 0.25) is 11.9 Å². The molecule has 2 aromatic heterocycles. The van der Waals surface area contributed by atoms with Crippen LogP contribution in [-0.2, 0) is 4.74 Å². The van der Waals surface area contributed by atoms with E-state index in [4.69, 9.17) is 22.1 Å². The molecule has 2 unspecified atom stereocenters. The number of halogens is 2. The maximum absolute atomic E-state index is 15.0. The molecule has 0 spiro atoms. The smallest absolute Gasteiger partial charge is 0.220 e. The second kappa shape index (κ2) is 6.28. The number of anilines is 2. The molecule has 7 nitrogen and oxygen atoms in total. The zero-order valence-electron chi connectivity index (χ0n) is 15.6. The Morgan fingerprint density at radius 2 is 1.96 bits per heavy atom. The quantitative estimate of drug-likeness (QED) is 0.722. The first-order valence-corrected chi connectivity index (χ1v) is 9.68. The largest absolute Gasteiger partial charge is 0.371 e. The van der Waals surface area contributed by atoms with E-state index >= 15 is 4.39 Å². The molecular weight excluding hydrogens is 383 g/mol. The van der Waals surface area contributed by atoms with Crippen LogP contribution in [0.4, 0.5) is 16.3 Å². The monoisotopic (exact) mass is 402 g/mol. The fourth-order valence-electron chi connectivity index (χ4n) is 4.11. The average molecular weight is 403 g/mol. The molecule has 9 heteroatoms. The number of nitrogens with two attached hydrogens (primary N) is 1. The second-order valence-corrected chi connectivity index (χ2v) is 8.05. The van der Waals surface area contributed by atoms with Crippen LogP contribution in [0.3, 0.4) is 0 Å². The number of ether oxygens (including phenoxy) is 1. The van der Waals surface area contributed by atoms with Crippen molar-refractivity contribution < 1.29 is 9.13 Å². The highest BCUT2D eigenvalue weighted by atomic mass is 35.5. The summed E-state index contributed by atoms with van der Waals surface area (Å²) in [5, 5.41) is 0.317. The van der Waals surface area contributed by atoms with E-state index in [0.717, 1.165) is 25.5 Å². The van der Waals surface area contributed by atoms with E-state index in [1.165, 1.54) is 12.3 Å². The van der Waals surface area contributed by atoms with Gasteiger partial charge in [-0.25, -0.2) is 19.3 Å². The minimum atomic E-state index is -0.417. The van der Waals surface area contributed by atoms with Gasteiger partial charge < -0.3 is 19.9 Å². The van der Waals surface area contributed by atoms with E-state index < -0.39 is 5.82 Å². The minimum absolute atomic E-state index is 0.0884. The lowest BCUT2D eigenvalue weighted by Crippen LogP contribution is -2.58. The molecule has 1 aromatic carbocycles. The van der Waals surface area contributed by atoms with Crippen molar-refractivity contribution in [1.82, 2.24) is 19.5 Å². The average Bonchev–Trinajstić information content (AvgIpc) is 3.04. The standard InChI is InChI=1S/C19H20ClFN6O/c1-9(2)27-15-4-10(16-13(20)6-23-18(22)24-16)3-14(21)17(15)25-19(27)26-7-11-5-12(8-26)28-11/h3-4,6,9,11-12H,5,7-8H2,1-2H3,(H2,22,23,24). The van der Waals surface area contributed by atoms with Gasteiger partial charge in [0.05, 0.1) is 34.6 Å². The topological polar surface area (TPSA) is 82.1 Å². The Balaban J connectivity index is 1.68. The van der Waals surface area contributed by atoms with Crippen LogP contribution in [-0.4, -0.2) is 44.8 Å². The molecule has 3 aromatic rings. The van der Waals surface area contributed by atoms with Crippen molar-refractivity contribution >= 4 is 34.5 Å². The van der Waals surface area contributed by atoms with Crippen LogP contribution in [0.2, 0.25) is 5.02 Å². The lowest BCUT2D eigenvalue weighted by molar-refractivity contribution is -0.133. The molecule has 2 atom stereocenters.